The average Bonchev–Trinajstić information content (AvgIpc) is 2.65. The van der Waals surface area contributed by atoms with E-state index in [2.05, 4.69) is 6.92 Å². The summed E-state index contributed by atoms with van der Waals surface area (Å²) in [4.78, 5) is 14.3. The predicted octanol–water partition coefficient (Wildman–Crippen LogP) is 4.34. The minimum Gasteiger partial charge on any atom is -0.448 e. The number of unbranched alkanes of at least 4 members (excludes halogenated alkanes) is 1. The zero-order valence-electron chi connectivity index (χ0n) is 14.9. The largest absolute Gasteiger partial charge is 0.448 e. The van der Waals surface area contributed by atoms with E-state index in [-0.39, 0.29) is 18.7 Å². The Kier molecular flexibility index (Phi) is 7.99. The van der Waals surface area contributed by atoms with Crippen molar-refractivity contribution in [1.82, 2.24) is 4.90 Å². The van der Waals surface area contributed by atoms with E-state index in [1.54, 1.807) is 4.90 Å². The first-order valence-electron chi connectivity index (χ1n) is 8.94. The number of benzene rings is 2. The summed E-state index contributed by atoms with van der Waals surface area (Å²) < 4.78 is 5.47. The van der Waals surface area contributed by atoms with Crippen molar-refractivity contribution in [3.63, 3.8) is 0 Å². The van der Waals surface area contributed by atoms with Gasteiger partial charge in [0.15, 0.2) is 0 Å². The number of ether oxygens (including phenoxy) is 1. The lowest BCUT2D eigenvalue weighted by Gasteiger charge is -2.23. The molecule has 0 spiro atoms. The highest BCUT2D eigenvalue weighted by atomic mass is 16.6. The van der Waals surface area contributed by atoms with Crippen LogP contribution in [0.5, 0.6) is 0 Å². The Morgan fingerprint density at radius 1 is 1.00 bits per heavy atom. The Morgan fingerprint density at radius 3 is 2.00 bits per heavy atom. The van der Waals surface area contributed by atoms with E-state index in [0.717, 1.165) is 30.4 Å². The highest BCUT2D eigenvalue weighted by Crippen LogP contribution is 2.12. The van der Waals surface area contributed by atoms with Crippen LogP contribution in [0.15, 0.2) is 60.7 Å². The third kappa shape index (κ3) is 6.98. The fourth-order valence-electron chi connectivity index (χ4n) is 2.61. The van der Waals surface area contributed by atoms with Crippen molar-refractivity contribution < 1.29 is 9.53 Å². The molecule has 0 saturated heterocycles. The van der Waals surface area contributed by atoms with Crippen molar-refractivity contribution in [2.75, 3.05) is 6.61 Å². The molecule has 0 saturated carbocycles. The maximum atomic E-state index is 12.6. The molecule has 25 heavy (non-hydrogen) atoms. The minimum atomic E-state index is -0.320. The van der Waals surface area contributed by atoms with E-state index in [1.165, 1.54) is 0 Å². The monoisotopic (exact) mass is 340 g/mol. The molecule has 2 N–H and O–H groups in total. The van der Waals surface area contributed by atoms with Gasteiger partial charge in [-0.3, -0.25) is 4.90 Å². The summed E-state index contributed by atoms with van der Waals surface area (Å²) >= 11 is 0. The van der Waals surface area contributed by atoms with Crippen LogP contribution in [0.25, 0.3) is 0 Å². The maximum absolute atomic E-state index is 12.6. The summed E-state index contributed by atoms with van der Waals surface area (Å²) in [5.74, 6) is 0. The van der Waals surface area contributed by atoms with Gasteiger partial charge in [-0.2, -0.15) is 0 Å². The molecule has 1 amide bonds. The molecule has 0 aliphatic heterocycles. The number of nitrogens with zero attached hydrogens (tertiary/aromatic N) is 1. The molecule has 0 aromatic heterocycles. The lowest BCUT2D eigenvalue weighted by atomic mass is 10.1. The Bertz CT molecular complexity index is 575. The van der Waals surface area contributed by atoms with E-state index in [0.29, 0.717) is 13.1 Å². The second kappa shape index (κ2) is 10.5. The Morgan fingerprint density at radius 2 is 1.52 bits per heavy atom. The fourth-order valence-corrected chi connectivity index (χ4v) is 2.61. The number of carbonyl (C=O) groups excluding carboxylic acids is 1. The van der Waals surface area contributed by atoms with Gasteiger partial charge in [0.2, 0.25) is 0 Å². The average molecular weight is 340 g/mol. The molecule has 0 bridgehead atoms. The fraction of sp³-hybridized carbons (Fsp3) is 0.381. The molecule has 2 aromatic rings. The van der Waals surface area contributed by atoms with Crippen molar-refractivity contribution in [2.24, 2.45) is 5.73 Å². The summed E-state index contributed by atoms with van der Waals surface area (Å²) in [6.45, 7) is 3.41. The SMILES string of the molecule is CCCC[C@@H](N)COC(=O)N(Cc1ccccc1)Cc1ccccc1. The normalized spacial score (nSPS) is 11.8. The van der Waals surface area contributed by atoms with Crippen LogP contribution < -0.4 is 5.73 Å². The molecule has 1 atom stereocenters. The zero-order chi connectivity index (χ0) is 17.9. The summed E-state index contributed by atoms with van der Waals surface area (Å²) in [6, 6.07) is 19.8. The summed E-state index contributed by atoms with van der Waals surface area (Å²) in [7, 11) is 0. The van der Waals surface area contributed by atoms with Gasteiger partial charge in [-0.1, -0.05) is 80.4 Å². The third-order valence-electron chi connectivity index (χ3n) is 4.04. The third-order valence-corrected chi connectivity index (χ3v) is 4.04. The molecule has 0 fully saturated rings. The smallest absolute Gasteiger partial charge is 0.410 e. The lowest BCUT2D eigenvalue weighted by Crippen LogP contribution is -2.35. The topological polar surface area (TPSA) is 55.6 Å². The van der Waals surface area contributed by atoms with Crippen LogP contribution in [-0.4, -0.2) is 23.6 Å². The molecule has 2 rings (SSSR count). The molecule has 2 aromatic carbocycles. The van der Waals surface area contributed by atoms with Crippen LogP contribution in [0.2, 0.25) is 0 Å². The summed E-state index contributed by atoms with van der Waals surface area (Å²) in [5.41, 5.74) is 8.17. The van der Waals surface area contributed by atoms with E-state index >= 15 is 0 Å². The maximum Gasteiger partial charge on any atom is 0.410 e. The number of rotatable bonds is 9. The zero-order valence-corrected chi connectivity index (χ0v) is 14.9. The van der Waals surface area contributed by atoms with Crippen LogP contribution in [-0.2, 0) is 17.8 Å². The van der Waals surface area contributed by atoms with Gasteiger partial charge in [0, 0.05) is 19.1 Å². The van der Waals surface area contributed by atoms with E-state index in [1.807, 2.05) is 60.7 Å². The van der Waals surface area contributed by atoms with Crippen molar-refractivity contribution in [3.8, 4) is 0 Å². The molecule has 4 heteroatoms. The Balaban J connectivity index is 1.98. The molecular weight excluding hydrogens is 312 g/mol. The number of carbonyl (C=O) groups is 1. The highest BCUT2D eigenvalue weighted by Gasteiger charge is 2.17. The minimum absolute atomic E-state index is 0.0980. The second-order valence-corrected chi connectivity index (χ2v) is 6.31. The van der Waals surface area contributed by atoms with Crippen LogP contribution in [0.3, 0.4) is 0 Å². The Labute approximate surface area is 150 Å². The summed E-state index contributed by atoms with van der Waals surface area (Å²) in [6.07, 6.45) is 2.70. The van der Waals surface area contributed by atoms with E-state index in [9.17, 15) is 4.79 Å². The van der Waals surface area contributed by atoms with E-state index in [4.69, 9.17) is 10.5 Å². The Hall–Kier alpha value is -2.33. The number of amides is 1. The first kappa shape index (κ1) is 19.0. The molecule has 0 aliphatic rings. The summed E-state index contributed by atoms with van der Waals surface area (Å²) in [5, 5.41) is 0. The molecule has 0 unspecified atom stereocenters. The van der Waals surface area contributed by atoms with Gasteiger partial charge in [-0.25, -0.2) is 4.79 Å². The van der Waals surface area contributed by atoms with Crippen molar-refractivity contribution >= 4 is 6.09 Å². The number of nitrogens with two attached hydrogens (primary N) is 1. The predicted molar refractivity (Wildman–Crippen MR) is 101 cm³/mol. The first-order chi connectivity index (χ1) is 12.2. The van der Waals surface area contributed by atoms with Crippen LogP contribution in [0, 0.1) is 0 Å². The van der Waals surface area contributed by atoms with Crippen LogP contribution in [0.1, 0.15) is 37.3 Å². The van der Waals surface area contributed by atoms with Gasteiger partial charge in [0.1, 0.15) is 6.61 Å². The van der Waals surface area contributed by atoms with Crippen LogP contribution >= 0.6 is 0 Å². The van der Waals surface area contributed by atoms with E-state index < -0.39 is 0 Å². The highest BCUT2D eigenvalue weighted by molar-refractivity contribution is 5.67. The van der Waals surface area contributed by atoms with Gasteiger partial charge < -0.3 is 10.5 Å². The van der Waals surface area contributed by atoms with Gasteiger partial charge in [0.25, 0.3) is 0 Å². The quantitative estimate of drug-likeness (QED) is 0.738. The molecular formula is C21H28N2O2. The van der Waals surface area contributed by atoms with Crippen molar-refractivity contribution in [3.05, 3.63) is 71.8 Å². The van der Waals surface area contributed by atoms with Gasteiger partial charge in [-0.15, -0.1) is 0 Å². The number of hydrogen-bond donors (Lipinski definition) is 1. The lowest BCUT2D eigenvalue weighted by molar-refractivity contribution is 0.0907. The molecule has 0 radical (unpaired) electrons. The second-order valence-electron chi connectivity index (χ2n) is 6.31. The standard InChI is InChI=1S/C21H28N2O2/c1-2-3-14-20(22)17-25-21(24)23(15-18-10-6-4-7-11-18)16-19-12-8-5-9-13-19/h4-13,20H,2-3,14-17,22H2,1H3/t20-/m1/s1. The molecule has 4 nitrogen and oxygen atoms in total. The van der Waals surface area contributed by atoms with Crippen molar-refractivity contribution in [1.29, 1.82) is 0 Å². The molecule has 0 aliphatic carbocycles. The molecule has 134 valence electrons. The van der Waals surface area contributed by atoms with Gasteiger partial charge in [-0.05, 0) is 17.5 Å². The first-order valence-corrected chi connectivity index (χ1v) is 8.94. The number of hydrogen-bond acceptors (Lipinski definition) is 3. The van der Waals surface area contributed by atoms with Gasteiger partial charge in [0.05, 0.1) is 0 Å². The molecule has 0 heterocycles. The van der Waals surface area contributed by atoms with Crippen LogP contribution in [0.4, 0.5) is 4.79 Å². The van der Waals surface area contributed by atoms with Gasteiger partial charge >= 0.3 is 6.09 Å². The van der Waals surface area contributed by atoms with Crippen molar-refractivity contribution in [2.45, 2.75) is 45.3 Å².